The molecule has 0 aliphatic carbocycles. The minimum Gasteiger partial charge on any atom is -0.508 e. The summed E-state index contributed by atoms with van der Waals surface area (Å²) in [6.45, 7) is 9.10. The van der Waals surface area contributed by atoms with Crippen molar-refractivity contribution in [2.75, 3.05) is 0 Å². The number of hydrogen-bond acceptors (Lipinski definition) is 5. The molecule has 0 aliphatic rings. The van der Waals surface area contributed by atoms with Gasteiger partial charge in [0.15, 0.2) is 0 Å². The normalized spacial score (nSPS) is 11.4. The molecule has 1 rings (SSSR count). The van der Waals surface area contributed by atoms with Gasteiger partial charge in [0, 0.05) is 12.8 Å². The lowest BCUT2D eigenvalue weighted by Crippen LogP contribution is -2.24. The molecule has 0 heterocycles. The first-order valence-electron chi connectivity index (χ1n) is 8.29. The van der Waals surface area contributed by atoms with Gasteiger partial charge in [0.2, 0.25) is 0 Å². The van der Waals surface area contributed by atoms with Crippen molar-refractivity contribution in [3.63, 3.8) is 0 Å². The monoisotopic (exact) mass is 336 g/mol. The summed E-state index contributed by atoms with van der Waals surface area (Å²) < 4.78 is 10.4. The van der Waals surface area contributed by atoms with Crippen molar-refractivity contribution in [3.05, 3.63) is 29.3 Å². The van der Waals surface area contributed by atoms with Crippen LogP contribution in [0.3, 0.4) is 0 Å². The van der Waals surface area contributed by atoms with Gasteiger partial charge < -0.3 is 14.6 Å². The fourth-order valence-electron chi connectivity index (χ4n) is 2.28. The zero-order valence-corrected chi connectivity index (χ0v) is 15.2. The van der Waals surface area contributed by atoms with Crippen LogP contribution in [0.5, 0.6) is 5.75 Å². The van der Waals surface area contributed by atoms with Crippen molar-refractivity contribution in [1.29, 1.82) is 0 Å². The van der Waals surface area contributed by atoms with E-state index in [1.165, 1.54) is 0 Å². The molecular formula is C19H28O5. The lowest BCUT2D eigenvalue weighted by Gasteiger charge is -2.19. The minimum absolute atomic E-state index is 0.142. The van der Waals surface area contributed by atoms with Crippen LogP contribution in [0, 0.1) is 0 Å². The Labute approximate surface area is 144 Å². The first-order chi connectivity index (χ1) is 11.1. The summed E-state index contributed by atoms with van der Waals surface area (Å²) in [4.78, 5) is 23.5. The summed E-state index contributed by atoms with van der Waals surface area (Å²) in [5, 5.41) is 9.67. The van der Waals surface area contributed by atoms with Gasteiger partial charge in [0.1, 0.15) is 11.4 Å². The Kier molecular flexibility index (Phi) is 7.26. The second kappa shape index (κ2) is 8.71. The van der Waals surface area contributed by atoms with Crippen molar-refractivity contribution in [2.45, 2.75) is 72.0 Å². The molecule has 0 fully saturated rings. The van der Waals surface area contributed by atoms with Crippen molar-refractivity contribution >= 4 is 11.9 Å². The Balaban J connectivity index is 2.67. The van der Waals surface area contributed by atoms with Crippen LogP contribution in [0.4, 0.5) is 0 Å². The predicted octanol–water partition coefficient (Wildman–Crippen LogP) is 3.55. The third-order valence-corrected chi connectivity index (χ3v) is 3.17. The Hall–Kier alpha value is -2.04. The number of aryl methyl sites for hydroxylation is 2. The van der Waals surface area contributed by atoms with Crippen LogP contribution in [0.2, 0.25) is 0 Å². The number of esters is 2. The lowest BCUT2D eigenvalue weighted by atomic mass is 9.98. The summed E-state index contributed by atoms with van der Waals surface area (Å²) in [5.74, 6) is -0.393. The number of rotatable bonds is 7. The van der Waals surface area contributed by atoms with Gasteiger partial charge in [-0.3, -0.25) is 9.59 Å². The fourth-order valence-corrected chi connectivity index (χ4v) is 2.28. The van der Waals surface area contributed by atoms with E-state index in [0.29, 0.717) is 12.8 Å². The maximum absolute atomic E-state index is 11.9. The average Bonchev–Trinajstić information content (AvgIpc) is 2.41. The van der Waals surface area contributed by atoms with Gasteiger partial charge in [-0.05, 0) is 70.7 Å². The van der Waals surface area contributed by atoms with Gasteiger partial charge in [0.25, 0.3) is 0 Å². The molecule has 0 saturated heterocycles. The van der Waals surface area contributed by atoms with Crippen molar-refractivity contribution < 1.29 is 24.2 Å². The fraction of sp³-hybridized carbons (Fsp3) is 0.579. The topological polar surface area (TPSA) is 72.8 Å². The van der Waals surface area contributed by atoms with Crippen LogP contribution in [-0.2, 0) is 31.9 Å². The smallest absolute Gasteiger partial charge is 0.306 e. The van der Waals surface area contributed by atoms with Crippen LogP contribution in [0.25, 0.3) is 0 Å². The highest BCUT2D eigenvalue weighted by atomic mass is 16.6. The summed E-state index contributed by atoms with van der Waals surface area (Å²) in [7, 11) is 0. The largest absolute Gasteiger partial charge is 0.508 e. The molecule has 0 atom stereocenters. The molecule has 0 spiro atoms. The van der Waals surface area contributed by atoms with E-state index in [1.807, 2.05) is 20.8 Å². The molecular weight excluding hydrogens is 308 g/mol. The highest BCUT2D eigenvalue weighted by molar-refractivity contribution is 5.71. The van der Waals surface area contributed by atoms with Gasteiger partial charge in [-0.15, -0.1) is 0 Å². The quantitative estimate of drug-likeness (QED) is 0.771. The van der Waals surface area contributed by atoms with Crippen LogP contribution < -0.4 is 0 Å². The van der Waals surface area contributed by atoms with E-state index in [0.717, 1.165) is 11.1 Å². The molecule has 0 saturated carbocycles. The first kappa shape index (κ1) is 20.0. The molecule has 0 aromatic heterocycles. The highest BCUT2D eigenvalue weighted by Gasteiger charge is 2.17. The molecule has 1 aromatic carbocycles. The van der Waals surface area contributed by atoms with Gasteiger partial charge in [-0.2, -0.15) is 0 Å². The standard InChI is InChI=1S/C19H28O5/c1-13(2)23-17(21)10-8-15-12-16(20)9-6-14(15)7-11-18(22)24-19(3,4)5/h6,9,12-13,20H,7-8,10-11H2,1-5H3. The van der Waals surface area contributed by atoms with E-state index in [4.69, 9.17) is 9.47 Å². The first-order valence-corrected chi connectivity index (χ1v) is 8.29. The molecule has 134 valence electrons. The molecule has 0 radical (unpaired) electrons. The third kappa shape index (κ3) is 7.99. The summed E-state index contributed by atoms with van der Waals surface area (Å²) in [6, 6.07) is 5.00. The Morgan fingerprint density at radius 2 is 1.62 bits per heavy atom. The summed E-state index contributed by atoms with van der Waals surface area (Å²) in [6.07, 6.45) is 1.31. The number of phenols is 1. The molecule has 5 heteroatoms. The molecule has 5 nitrogen and oxygen atoms in total. The Morgan fingerprint density at radius 1 is 1.04 bits per heavy atom. The van der Waals surface area contributed by atoms with Crippen molar-refractivity contribution in [1.82, 2.24) is 0 Å². The van der Waals surface area contributed by atoms with Crippen LogP contribution in [-0.4, -0.2) is 28.8 Å². The molecule has 1 aromatic rings. The number of hydrogen-bond donors (Lipinski definition) is 1. The zero-order chi connectivity index (χ0) is 18.3. The number of benzene rings is 1. The predicted molar refractivity (Wildman–Crippen MR) is 91.8 cm³/mol. The van der Waals surface area contributed by atoms with E-state index in [2.05, 4.69) is 0 Å². The van der Waals surface area contributed by atoms with Crippen LogP contribution >= 0.6 is 0 Å². The summed E-state index contributed by atoms with van der Waals surface area (Å²) >= 11 is 0. The highest BCUT2D eigenvalue weighted by Crippen LogP contribution is 2.21. The minimum atomic E-state index is -0.504. The average molecular weight is 336 g/mol. The molecule has 0 unspecified atom stereocenters. The Morgan fingerprint density at radius 3 is 2.21 bits per heavy atom. The van der Waals surface area contributed by atoms with Crippen LogP contribution in [0.1, 0.15) is 58.6 Å². The molecule has 24 heavy (non-hydrogen) atoms. The van der Waals surface area contributed by atoms with E-state index in [1.54, 1.807) is 32.0 Å². The Bertz CT molecular complexity index is 570. The SMILES string of the molecule is CC(C)OC(=O)CCc1cc(O)ccc1CCC(=O)OC(C)(C)C. The van der Waals surface area contributed by atoms with Gasteiger partial charge in [-0.1, -0.05) is 6.07 Å². The number of aromatic hydroxyl groups is 1. The zero-order valence-electron chi connectivity index (χ0n) is 15.2. The number of carbonyl (C=O) groups is 2. The maximum Gasteiger partial charge on any atom is 0.306 e. The number of ether oxygens (including phenoxy) is 2. The second-order valence-electron chi connectivity index (χ2n) is 7.08. The van der Waals surface area contributed by atoms with E-state index >= 15 is 0 Å². The van der Waals surface area contributed by atoms with Gasteiger partial charge >= 0.3 is 11.9 Å². The van der Waals surface area contributed by atoms with Crippen LogP contribution in [0.15, 0.2) is 18.2 Å². The van der Waals surface area contributed by atoms with Crippen molar-refractivity contribution in [3.8, 4) is 5.75 Å². The van der Waals surface area contributed by atoms with Gasteiger partial charge in [0.05, 0.1) is 6.10 Å². The number of carbonyl (C=O) groups excluding carboxylic acids is 2. The van der Waals surface area contributed by atoms with Crippen molar-refractivity contribution in [2.24, 2.45) is 0 Å². The summed E-state index contributed by atoms with van der Waals surface area (Å²) in [5.41, 5.74) is 1.27. The van der Waals surface area contributed by atoms with Gasteiger partial charge in [-0.25, -0.2) is 0 Å². The molecule has 0 aliphatic heterocycles. The van der Waals surface area contributed by atoms with E-state index in [9.17, 15) is 14.7 Å². The lowest BCUT2D eigenvalue weighted by molar-refractivity contribution is -0.154. The van der Waals surface area contributed by atoms with E-state index in [-0.39, 0.29) is 36.6 Å². The van der Waals surface area contributed by atoms with E-state index < -0.39 is 5.60 Å². The molecule has 1 N–H and O–H groups in total. The molecule has 0 bridgehead atoms. The third-order valence-electron chi connectivity index (χ3n) is 3.17. The second-order valence-corrected chi connectivity index (χ2v) is 7.08. The number of phenolic OH excluding ortho intramolecular Hbond substituents is 1. The maximum atomic E-state index is 11.9. The molecule has 0 amide bonds.